The monoisotopic (exact) mass is 626 g/mol. The second-order valence-corrected chi connectivity index (χ2v) is 15.4. The number of hydrogen-bond acceptors (Lipinski definition) is 6. The van der Waals surface area contributed by atoms with Crippen LogP contribution in [0, 0.1) is 32.1 Å². The molecule has 0 radical (unpaired) electrons. The molecule has 0 fully saturated rings. The molecule has 1 heterocycles. The van der Waals surface area contributed by atoms with Gasteiger partial charge in [-0.25, -0.2) is 16.8 Å². The maximum Gasteiger partial charge on any atom is 0.244 e. The third kappa shape index (κ3) is 6.39. The van der Waals surface area contributed by atoms with Gasteiger partial charge in [-0.05, 0) is 96.8 Å². The van der Waals surface area contributed by atoms with Gasteiger partial charge in [0.15, 0.2) is 15.6 Å². The number of nitrogens with zero attached hydrogens (tertiary/aromatic N) is 2. The summed E-state index contributed by atoms with van der Waals surface area (Å²) in [7, 11) is -7.45. The minimum absolute atomic E-state index is 0.0361. The summed E-state index contributed by atoms with van der Waals surface area (Å²) < 4.78 is 54.3. The fourth-order valence-corrected chi connectivity index (χ4v) is 8.76. The first kappa shape index (κ1) is 31.3. The van der Waals surface area contributed by atoms with E-state index >= 15 is 0 Å². The molecule has 0 saturated heterocycles. The van der Waals surface area contributed by atoms with E-state index in [-0.39, 0.29) is 35.0 Å². The molecule has 0 spiro atoms. The van der Waals surface area contributed by atoms with Gasteiger partial charge in [-0.15, -0.1) is 0 Å². The van der Waals surface area contributed by atoms with Crippen LogP contribution in [0.3, 0.4) is 0 Å². The highest BCUT2D eigenvalue weighted by atomic mass is 32.2. The molecule has 0 bridgehead atoms. The van der Waals surface area contributed by atoms with Crippen LogP contribution < -0.4 is 0 Å². The predicted molar refractivity (Wildman–Crippen MR) is 170 cm³/mol. The van der Waals surface area contributed by atoms with E-state index in [9.17, 15) is 26.9 Å². The normalized spacial score (nSPS) is 15.4. The Hall–Kier alpha value is -4.10. The van der Waals surface area contributed by atoms with Crippen molar-refractivity contribution in [2.75, 3.05) is 6.26 Å². The number of nitriles is 1. The van der Waals surface area contributed by atoms with Crippen LogP contribution in [0.2, 0.25) is 0 Å². The van der Waals surface area contributed by atoms with Crippen LogP contribution in [0.5, 0.6) is 0 Å². The molecular formula is C35H34N2O5S2. The largest absolute Gasteiger partial charge is 0.298 e. The molecule has 0 N–H and O–H groups in total. The van der Waals surface area contributed by atoms with Crippen molar-refractivity contribution in [2.45, 2.75) is 62.4 Å². The molecule has 1 unspecified atom stereocenters. The van der Waals surface area contributed by atoms with E-state index in [1.165, 1.54) is 4.31 Å². The van der Waals surface area contributed by atoms with Gasteiger partial charge in [-0.2, -0.15) is 9.57 Å². The first-order valence-electron chi connectivity index (χ1n) is 14.3. The molecule has 0 aromatic heterocycles. The average molecular weight is 627 g/mol. The third-order valence-corrected chi connectivity index (χ3v) is 11.4. The first-order chi connectivity index (χ1) is 20.8. The zero-order chi connectivity index (χ0) is 31.8. The highest BCUT2D eigenvalue weighted by Crippen LogP contribution is 2.35. The van der Waals surface area contributed by atoms with Gasteiger partial charge >= 0.3 is 0 Å². The summed E-state index contributed by atoms with van der Waals surface area (Å²) >= 11 is 0. The van der Waals surface area contributed by atoms with Crippen LogP contribution in [-0.4, -0.2) is 39.2 Å². The Morgan fingerprint density at radius 2 is 1.55 bits per heavy atom. The van der Waals surface area contributed by atoms with Crippen LogP contribution in [-0.2, 0) is 44.0 Å². The fourth-order valence-electron chi connectivity index (χ4n) is 6.09. The molecule has 4 aromatic rings. The van der Waals surface area contributed by atoms with E-state index in [1.54, 1.807) is 50.2 Å². The molecule has 226 valence electrons. The van der Waals surface area contributed by atoms with Gasteiger partial charge in [-0.3, -0.25) is 4.79 Å². The van der Waals surface area contributed by atoms with Crippen molar-refractivity contribution >= 4 is 25.6 Å². The maximum absolute atomic E-state index is 14.3. The number of sulfonamides is 1. The van der Waals surface area contributed by atoms with Gasteiger partial charge in [0.05, 0.1) is 27.5 Å². The van der Waals surface area contributed by atoms with Crippen LogP contribution in [0.4, 0.5) is 0 Å². The molecular weight excluding hydrogens is 593 g/mol. The molecule has 0 amide bonds. The number of Topliss-reactive ketones (excluding diaryl/α,β-unsaturated/α-hetero) is 1. The fraction of sp³-hybridized carbons (Fsp3) is 0.257. The number of aryl methyl sites for hydroxylation is 4. The van der Waals surface area contributed by atoms with E-state index in [0.717, 1.165) is 39.6 Å². The second kappa shape index (κ2) is 12.1. The maximum atomic E-state index is 14.3. The Balaban J connectivity index is 1.55. The Morgan fingerprint density at radius 3 is 2.23 bits per heavy atom. The van der Waals surface area contributed by atoms with E-state index in [2.05, 4.69) is 6.07 Å². The van der Waals surface area contributed by atoms with Crippen molar-refractivity contribution in [2.24, 2.45) is 0 Å². The van der Waals surface area contributed by atoms with E-state index in [0.29, 0.717) is 23.1 Å². The summed E-state index contributed by atoms with van der Waals surface area (Å²) in [6.45, 7) is 5.51. The molecule has 5 rings (SSSR count). The Kier molecular flexibility index (Phi) is 8.63. The summed E-state index contributed by atoms with van der Waals surface area (Å²) in [4.78, 5) is 14.4. The Labute approximate surface area is 259 Å². The topological polar surface area (TPSA) is 112 Å². The van der Waals surface area contributed by atoms with Gasteiger partial charge in [-0.1, -0.05) is 60.2 Å². The van der Waals surface area contributed by atoms with Gasteiger partial charge in [0.2, 0.25) is 10.0 Å². The quantitative estimate of drug-likeness (QED) is 0.242. The summed E-state index contributed by atoms with van der Waals surface area (Å²) in [6, 6.07) is 24.3. The number of sulfone groups is 1. The van der Waals surface area contributed by atoms with Crippen molar-refractivity contribution in [3.8, 4) is 17.2 Å². The number of ketones is 1. The van der Waals surface area contributed by atoms with E-state index in [4.69, 9.17) is 0 Å². The van der Waals surface area contributed by atoms with Crippen LogP contribution in [0.25, 0.3) is 11.1 Å². The minimum Gasteiger partial charge on any atom is -0.298 e. The summed E-state index contributed by atoms with van der Waals surface area (Å²) in [6.07, 6.45) is 1.85. The van der Waals surface area contributed by atoms with Gasteiger partial charge in [0.25, 0.3) is 0 Å². The molecule has 1 aliphatic rings. The average Bonchev–Trinajstić information content (AvgIpc) is 2.98. The lowest BCUT2D eigenvalue weighted by Gasteiger charge is -2.36. The number of carbonyl (C=O) groups is 1. The first-order valence-corrected chi connectivity index (χ1v) is 17.6. The highest BCUT2D eigenvalue weighted by molar-refractivity contribution is 7.90. The molecule has 7 nitrogen and oxygen atoms in total. The number of rotatable bonds is 8. The SMILES string of the molecule is Cc1cc(C)c(S(=O)(=O)N2Cc3ccc(-c4cccc(S(C)(=O)=O)c4)cc3CC2C(=O)CCc2cccc(C#N)c2)c(C)c1. The third-order valence-electron chi connectivity index (χ3n) is 8.15. The molecule has 44 heavy (non-hydrogen) atoms. The van der Waals surface area contributed by atoms with Crippen molar-refractivity contribution in [1.29, 1.82) is 5.26 Å². The van der Waals surface area contributed by atoms with Crippen molar-refractivity contribution < 1.29 is 21.6 Å². The number of benzene rings is 4. The molecule has 0 saturated carbocycles. The van der Waals surface area contributed by atoms with Crippen molar-refractivity contribution in [3.05, 3.63) is 118 Å². The van der Waals surface area contributed by atoms with E-state index < -0.39 is 25.9 Å². The minimum atomic E-state index is -4.05. The van der Waals surface area contributed by atoms with Crippen molar-refractivity contribution in [1.82, 2.24) is 4.31 Å². The summed E-state index contributed by atoms with van der Waals surface area (Å²) in [5.41, 5.74) is 6.72. The van der Waals surface area contributed by atoms with Gasteiger partial charge in [0.1, 0.15) is 0 Å². The molecule has 1 aliphatic heterocycles. The lowest BCUT2D eigenvalue weighted by atomic mass is 9.89. The van der Waals surface area contributed by atoms with Gasteiger partial charge in [0, 0.05) is 19.2 Å². The number of hydrogen-bond donors (Lipinski definition) is 0. The zero-order valence-corrected chi connectivity index (χ0v) is 26.8. The smallest absolute Gasteiger partial charge is 0.244 e. The summed E-state index contributed by atoms with van der Waals surface area (Å²) in [5, 5.41) is 9.27. The Morgan fingerprint density at radius 1 is 0.864 bits per heavy atom. The lowest BCUT2D eigenvalue weighted by Crippen LogP contribution is -2.49. The lowest BCUT2D eigenvalue weighted by molar-refractivity contribution is -0.123. The van der Waals surface area contributed by atoms with Crippen LogP contribution in [0.15, 0.2) is 88.7 Å². The number of carbonyl (C=O) groups excluding carboxylic acids is 1. The molecule has 9 heteroatoms. The van der Waals surface area contributed by atoms with E-state index in [1.807, 2.05) is 49.4 Å². The van der Waals surface area contributed by atoms with Crippen LogP contribution in [0.1, 0.15) is 45.4 Å². The highest BCUT2D eigenvalue weighted by Gasteiger charge is 2.40. The molecule has 0 aliphatic carbocycles. The summed E-state index contributed by atoms with van der Waals surface area (Å²) in [5.74, 6) is -0.200. The molecule has 1 atom stereocenters. The molecule has 4 aromatic carbocycles. The second-order valence-electron chi connectivity index (χ2n) is 11.6. The Bertz CT molecular complexity index is 2020. The zero-order valence-electron chi connectivity index (χ0n) is 25.2. The number of fused-ring (bicyclic) bond motifs is 1. The standard InChI is InChI=1S/C35H34N2O5S2/c1-23-15-24(2)35(25(3)16-23)44(41,42)37-22-30-13-12-29(28-9-6-10-32(19-28)43(4,39)40)18-31(30)20-33(37)34(38)14-11-26-7-5-8-27(17-26)21-36/h5-10,12-13,15-19,33H,11,14,20,22H2,1-4H3. The predicted octanol–water partition coefficient (Wildman–Crippen LogP) is 5.87. The van der Waals surface area contributed by atoms with Gasteiger partial charge < -0.3 is 0 Å². The van der Waals surface area contributed by atoms with Crippen molar-refractivity contribution in [3.63, 3.8) is 0 Å². The van der Waals surface area contributed by atoms with Crippen LogP contribution >= 0.6 is 0 Å².